The van der Waals surface area contributed by atoms with Crippen LogP contribution in [-0.2, 0) is 22.7 Å². The van der Waals surface area contributed by atoms with Crippen LogP contribution in [0.4, 0.5) is 0 Å². The van der Waals surface area contributed by atoms with Crippen molar-refractivity contribution in [1.82, 2.24) is 10.7 Å². The maximum Gasteiger partial charge on any atom is 0.329 e. The molecule has 6 nitrogen and oxygen atoms in total. The van der Waals surface area contributed by atoms with Gasteiger partial charge in [0, 0.05) is 11.6 Å². The summed E-state index contributed by atoms with van der Waals surface area (Å²) in [5.41, 5.74) is 4.67. The Hall–Kier alpha value is -3.35. The minimum absolute atomic E-state index is 0.254. The number of halogens is 2. The molecule has 0 saturated heterocycles. The number of nitrogens with one attached hydrogen (secondary N) is 2. The molecule has 0 atom stereocenters. The number of rotatable bonds is 7. The quantitative estimate of drug-likeness (QED) is 0.316. The Morgan fingerprint density at radius 2 is 1.65 bits per heavy atom. The molecule has 0 saturated carbocycles. The van der Waals surface area contributed by atoms with Gasteiger partial charge >= 0.3 is 11.8 Å². The van der Waals surface area contributed by atoms with Gasteiger partial charge in [0.2, 0.25) is 0 Å². The molecule has 0 fully saturated rings. The van der Waals surface area contributed by atoms with E-state index in [1.165, 1.54) is 6.21 Å². The largest absolute Gasteiger partial charge is 0.487 e. The first-order valence-electron chi connectivity index (χ1n) is 9.33. The van der Waals surface area contributed by atoms with E-state index in [4.69, 9.17) is 27.9 Å². The number of carbonyl (C=O) groups is 2. The Morgan fingerprint density at radius 1 is 0.903 bits per heavy atom. The van der Waals surface area contributed by atoms with Crippen molar-refractivity contribution in [3.05, 3.63) is 99.5 Å². The van der Waals surface area contributed by atoms with Gasteiger partial charge in [-0.1, -0.05) is 65.7 Å². The number of benzene rings is 3. The third kappa shape index (κ3) is 7.13. The Balaban J connectivity index is 1.47. The van der Waals surface area contributed by atoms with E-state index in [2.05, 4.69) is 15.8 Å². The molecule has 0 radical (unpaired) electrons. The molecule has 0 heterocycles. The van der Waals surface area contributed by atoms with E-state index < -0.39 is 11.8 Å². The van der Waals surface area contributed by atoms with Gasteiger partial charge in [0.25, 0.3) is 0 Å². The van der Waals surface area contributed by atoms with E-state index in [0.717, 1.165) is 11.1 Å². The highest BCUT2D eigenvalue weighted by Gasteiger charge is 2.11. The molecule has 3 rings (SSSR count). The van der Waals surface area contributed by atoms with E-state index in [-0.39, 0.29) is 6.54 Å². The number of nitrogens with zero attached hydrogens (tertiary/aromatic N) is 1. The number of carbonyl (C=O) groups excluding carboxylic acids is 2. The van der Waals surface area contributed by atoms with Crippen molar-refractivity contribution in [3.63, 3.8) is 0 Å². The van der Waals surface area contributed by atoms with E-state index in [0.29, 0.717) is 28.0 Å². The van der Waals surface area contributed by atoms with Crippen molar-refractivity contribution in [2.45, 2.75) is 13.2 Å². The third-order valence-electron chi connectivity index (χ3n) is 4.15. The maximum absolute atomic E-state index is 11.8. The first kappa shape index (κ1) is 22.3. The maximum atomic E-state index is 11.8. The minimum Gasteiger partial charge on any atom is -0.487 e. The zero-order valence-electron chi connectivity index (χ0n) is 16.3. The van der Waals surface area contributed by atoms with Crippen molar-refractivity contribution < 1.29 is 14.3 Å². The predicted octanol–water partition coefficient (Wildman–Crippen LogP) is 4.34. The Morgan fingerprint density at radius 3 is 2.35 bits per heavy atom. The molecule has 2 N–H and O–H groups in total. The van der Waals surface area contributed by atoms with Crippen molar-refractivity contribution in [2.75, 3.05) is 0 Å². The lowest BCUT2D eigenvalue weighted by molar-refractivity contribution is -0.139. The molecule has 0 bridgehead atoms. The lowest BCUT2D eigenvalue weighted by Crippen LogP contribution is -2.37. The molecule has 3 aromatic rings. The summed E-state index contributed by atoms with van der Waals surface area (Å²) < 4.78 is 5.71. The van der Waals surface area contributed by atoms with Crippen LogP contribution < -0.4 is 15.5 Å². The number of ether oxygens (including phenoxy) is 1. The Labute approximate surface area is 189 Å². The van der Waals surface area contributed by atoms with Crippen LogP contribution in [0.25, 0.3) is 0 Å². The monoisotopic (exact) mass is 455 g/mol. The van der Waals surface area contributed by atoms with Gasteiger partial charge in [-0.15, -0.1) is 0 Å². The molecule has 0 aliphatic heterocycles. The highest BCUT2D eigenvalue weighted by atomic mass is 35.5. The molecule has 0 unspecified atom stereocenters. The fourth-order valence-corrected chi connectivity index (χ4v) is 2.90. The van der Waals surface area contributed by atoms with Crippen molar-refractivity contribution in [1.29, 1.82) is 0 Å². The summed E-state index contributed by atoms with van der Waals surface area (Å²) in [7, 11) is 0. The highest BCUT2D eigenvalue weighted by Crippen LogP contribution is 2.26. The van der Waals surface area contributed by atoms with E-state index >= 15 is 0 Å². The summed E-state index contributed by atoms with van der Waals surface area (Å²) in [6, 6.07) is 21.7. The van der Waals surface area contributed by atoms with E-state index in [9.17, 15) is 9.59 Å². The van der Waals surface area contributed by atoms with Gasteiger partial charge < -0.3 is 10.1 Å². The lowest BCUT2D eigenvalue weighted by Gasteiger charge is -2.09. The van der Waals surface area contributed by atoms with Crippen LogP contribution in [0, 0.1) is 0 Å². The van der Waals surface area contributed by atoms with Gasteiger partial charge in [0.05, 0.1) is 11.2 Å². The van der Waals surface area contributed by atoms with Gasteiger partial charge in [-0.2, -0.15) is 5.10 Å². The molecule has 2 amide bonds. The standard InChI is InChI=1S/C23H19Cl2N3O3/c24-19-9-6-17(7-10-19)15-31-21-11-8-18(12-20(21)25)14-27-28-23(30)22(29)26-13-16-4-2-1-3-5-16/h1-12,14H,13,15H2,(H,26,29)(H,28,30)/b27-14-. The van der Waals surface area contributed by atoms with Crippen LogP contribution >= 0.6 is 23.2 Å². The average Bonchev–Trinajstić information content (AvgIpc) is 2.78. The first-order valence-corrected chi connectivity index (χ1v) is 10.1. The van der Waals surface area contributed by atoms with Gasteiger partial charge in [-0.05, 0) is 47.0 Å². The van der Waals surface area contributed by atoms with Crippen LogP contribution in [0.15, 0.2) is 77.9 Å². The Bertz CT molecular complexity index is 1070. The topological polar surface area (TPSA) is 79.8 Å². The SMILES string of the molecule is O=C(NCc1ccccc1)C(=O)N/N=C\c1ccc(OCc2ccc(Cl)cc2)c(Cl)c1. The molecule has 8 heteroatoms. The predicted molar refractivity (Wildman–Crippen MR) is 121 cm³/mol. The molecular weight excluding hydrogens is 437 g/mol. The summed E-state index contributed by atoms with van der Waals surface area (Å²) in [5, 5.41) is 7.37. The fraction of sp³-hybridized carbons (Fsp3) is 0.0870. The summed E-state index contributed by atoms with van der Waals surface area (Å²) in [5.74, 6) is -1.12. The molecule has 0 spiro atoms. The number of hydrazone groups is 1. The summed E-state index contributed by atoms with van der Waals surface area (Å²) in [6.07, 6.45) is 1.39. The number of hydrogen-bond acceptors (Lipinski definition) is 4. The summed E-state index contributed by atoms with van der Waals surface area (Å²) >= 11 is 12.1. The minimum atomic E-state index is -0.860. The van der Waals surface area contributed by atoms with Crippen molar-refractivity contribution in [3.8, 4) is 5.75 Å². The smallest absolute Gasteiger partial charge is 0.329 e. The summed E-state index contributed by atoms with van der Waals surface area (Å²) in [4.78, 5) is 23.6. The van der Waals surface area contributed by atoms with Crippen LogP contribution in [0.1, 0.15) is 16.7 Å². The lowest BCUT2D eigenvalue weighted by atomic mass is 10.2. The van der Waals surface area contributed by atoms with Crippen molar-refractivity contribution in [2.24, 2.45) is 5.10 Å². The molecule has 0 aliphatic carbocycles. The second-order valence-electron chi connectivity index (χ2n) is 6.47. The number of amides is 2. The van der Waals surface area contributed by atoms with Crippen LogP contribution in [0.2, 0.25) is 10.0 Å². The normalized spacial score (nSPS) is 10.6. The van der Waals surface area contributed by atoms with Gasteiger partial charge in [0.1, 0.15) is 12.4 Å². The van der Waals surface area contributed by atoms with Gasteiger partial charge in [0.15, 0.2) is 0 Å². The number of hydrogen-bond donors (Lipinski definition) is 2. The first-order chi connectivity index (χ1) is 15.0. The molecule has 158 valence electrons. The third-order valence-corrected chi connectivity index (χ3v) is 4.69. The second-order valence-corrected chi connectivity index (χ2v) is 7.32. The van der Waals surface area contributed by atoms with Crippen molar-refractivity contribution >= 4 is 41.2 Å². The average molecular weight is 456 g/mol. The van der Waals surface area contributed by atoms with Gasteiger partial charge in [-0.25, -0.2) is 5.43 Å². The second kappa shape index (κ2) is 11.2. The zero-order chi connectivity index (χ0) is 22.1. The fourth-order valence-electron chi connectivity index (χ4n) is 2.53. The van der Waals surface area contributed by atoms with Crippen LogP contribution in [0.5, 0.6) is 5.75 Å². The summed E-state index contributed by atoms with van der Waals surface area (Å²) in [6.45, 7) is 0.600. The highest BCUT2D eigenvalue weighted by molar-refractivity contribution is 6.35. The van der Waals surface area contributed by atoms with Crippen LogP contribution in [0.3, 0.4) is 0 Å². The van der Waals surface area contributed by atoms with Crippen LogP contribution in [-0.4, -0.2) is 18.0 Å². The molecule has 0 aromatic heterocycles. The Kier molecular flexibility index (Phi) is 8.04. The molecule has 0 aliphatic rings. The zero-order valence-corrected chi connectivity index (χ0v) is 17.9. The van der Waals surface area contributed by atoms with Gasteiger partial charge in [-0.3, -0.25) is 9.59 Å². The molecule has 3 aromatic carbocycles. The molecule has 31 heavy (non-hydrogen) atoms. The van der Waals surface area contributed by atoms with E-state index in [1.807, 2.05) is 42.5 Å². The molecular formula is C23H19Cl2N3O3. The van der Waals surface area contributed by atoms with E-state index in [1.54, 1.807) is 30.3 Å².